The van der Waals surface area contributed by atoms with Crippen molar-refractivity contribution in [2.45, 2.75) is 24.7 Å². The molecule has 0 heterocycles. The molecule has 1 fully saturated rings. The van der Waals surface area contributed by atoms with Crippen LogP contribution in [0.5, 0.6) is 5.75 Å². The van der Waals surface area contributed by atoms with Crippen molar-refractivity contribution in [3.63, 3.8) is 0 Å². The van der Waals surface area contributed by atoms with Crippen molar-refractivity contribution < 1.29 is 14.2 Å². The average molecular weight is 210 g/mol. The van der Waals surface area contributed by atoms with E-state index in [-0.39, 0.29) is 12.4 Å². The molecular weight excluding hydrogens is 195 g/mol. The molecule has 1 aromatic rings. The summed E-state index contributed by atoms with van der Waals surface area (Å²) < 4.78 is 18.9. The molecule has 1 N–H and O–H groups in total. The summed E-state index contributed by atoms with van der Waals surface area (Å²) in [4.78, 5) is 0. The quantitative estimate of drug-likeness (QED) is 0.829. The van der Waals surface area contributed by atoms with Crippen LogP contribution in [0, 0.1) is 5.82 Å². The Balaban J connectivity index is 2.49. The van der Waals surface area contributed by atoms with Crippen LogP contribution in [0.25, 0.3) is 0 Å². The smallest absolute Gasteiger partial charge is 0.130 e. The first-order valence-corrected chi connectivity index (χ1v) is 5.17. The molecule has 1 aromatic carbocycles. The van der Waals surface area contributed by atoms with Gasteiger partial charge < -0.3 is 9.84 Å². The third kappa shape index (κ3) is 1.51. The van der Waals surface area contributed by atoms with Crippen molar-refractivity contribution in [1.29, 1.82) is 0 Å². The Labute approximate surface area is 88.7 Å². The zero-order chi connectivity index (χ0) is 10.9. The second-order valence-electron chi connectivity index (χ2n) is 4.11. The van der Waals surface area contributed by atoms with E-state index in [9.17, 15) is 9.50 Å². The van der Waals surface area contributed by atoms with Crippen LogP contribution >= 0.6 is 0 Å². The summed E-state index contributed by atoms with van der Waals surface area (Å²) >= 11 is 0. The van der Waals surface area contributed by atoms with Gasteiger partial charge in [-0.05, 0) is 25.0 Å². The lowest BCUT2D eigenvalue weighted by atomic mass is 9.64. The predicted octanol–water partition coefficient (Wildman–Crippen LogP) is 2.25. The van der Waals surface area contributed by atoms with Crippen molar-refractivity contribution in [3.8, 4) is 5.75 Å². The van der Waals surface area contributed by atoms with Crippen molar-refractivity contribution in [1.82, 2.24) is 0 Å². The fourth-order valence-corrected chi connectivity index (χ4v) is 2.28. The summed E-state index contributed by atoms with van der Waals surface area (Å²) in [6.45, 7) is -0.00963. The van der Waals surface area contributed by atoms with Crippen LogP contribution in [-0.4, -0.2) is 18.8 Å². The van der Waals surface area contributed by atoms with Crippen molar-refractivity contribution in [3.05, 3.63) is 29.6 Å². The van der Waals surface area contributed by atoms with E-state index in [1.54, 1.807) is 12.1 Å². The fraction of sp³-hybridized carbons (Fsp3) is 0.500. The molecule has 0 radical (unpaired) electrons. The molecule has 0 saturated heterocycles. The second kappa shape index (κ2) is 3.81. The van der Waals surface area contributed by atoms with Gasteiger partial charge in [0.2, 0.25) is 0 Å². The molecule has 1 aliphatic rings. The van der Waals surface area contributed by atoms with Crippen LogP contribution < -0.4 is 4.74 Å². The molecule has 82 valence electrons. The predicted molar refractivity (Wildman–Crippen MR) is 55.6 cm³/mol. The SMILES string of the molecule is COc1cccc(F)c1C1(CO)CCC1. The zero-order valence-corrected chi connectivity index (χ0v) is 8.79. The van der Waals surface area contributed by atoms with E-state index in [2.05, 4.69) is 0 Å². The minimum atomic E-state index is -0.406. The lowest BCUT2D eigenvalue weighted by Gasteiger charge is -2.41. The van der Waals surface area contributed by atoms with Crippen LogP contribution in [0.15, 0.2) is 18.2 Å². The standard InChI is InChI=1S/C12H15FO2/c1-15-10-5-2-4-9(13)11(10)12(8-14)6-3-7-12/h2,4-5,14H,3,6-8H2,1H3. The molecule has 2 nitrogen and oxygen atoms in total. The van der Waals surface area contributed by atoms with E-state index in [0.717, 1.165) is 19.3 Å². The Hall–Kier alpha value is -1.09. The van der Waals surface area contributed by atoms with Gasteiger partial charge in [0.15, 0.2) is 0 Å². The van der Waals surface area contributed by atoms with Gasteiger partial charge in [-0.2, -0.15) is 0 Å². The molecule has 0 unspecified atom stereocenters. The van der Waals surface area contributed by atoms with Crippen molar-refractivity contribution in [2.24, 2.45) is 0 Å². The van der Waals surface area contributed by atoms with Crippen LogP contribution in [0.4, 0.5) is 4.39 Å². The molecule has 0 aliphatic heterocycles. The Bertz CT molecular complexity index is 353. The molecule has 0 spiro atoms. The first kappa shape index (κ1) is 10.4. The number of rotatable bonds is 3. The van der Waals surface area contributed by atoms with Gasteiger partial charge in [0.25, 0.3) is 0 Å². The van der Waals surface area contributed by atoms with Crippen LogP contribution in [-0.2, 0) is 5.41 Å². The molecule has 0 amide bonds. The van der Waals surface area contributed by atoms with Crippen LogP contribution in [0.3, 0.4) is 0 Å². The normalized spacial score (nSPS) is 18.3. The Morgan fingerprint density at radius 3 is 2.67 bits per heavy atom. The largest absolute Gasteiger partial charge is 0.496 e. The summed E-state index contributed by atoms with van der Waals surface area (Å²) in [5.41, 5.74) is 0.137. The van der Waals surface area contributed by atoms with E-state index in [1.165, 1.54) is 13.2 Å². The number of halogens is 1. The van der Waals surface area contributed by atoms with Gasteiger partial charge in [-0.1, -0.05) is 12.5 Å². The number of methoxy groups -OCH3 is 1. The van der Waals surface area contributed by atoms with Gasteiger partial charge in [-0.15, -0.1) is 0 Å². The monoisotopic (exact) mass is 210 g/mol. The molecule has 3 heteroatoms. The lowest BCUT2D eigenvalue weighted by Crippen LogP contribution is -2.39. The highest BCUT2D eigenvalue weighted by atomic mass is 19.1. The molecule has 15 heavy (non-hydrogen) atoms. The van der Waals surface area contributed by atoms with Gasteiger partial charge in [0.1, 0.15) is 11.6 Å². The molecule has 2 rings (SSSR count). The van der Waals surface area contributed by atoms with Crippen molar-refractivity contribution in [2.75, 3.05) is 13.7 Å². The maximum atomic E-state index is 13.7. The number of ether oxygens (including phenoxy) is 1. The minimum Gasteiger partial charge on any atom is -0.496 e. The van der Waals surface area contributed by atoms with Crippen LogP contribution in [0.2, 0.25) is 0 Å². The summed E-state index contributed by atoms with van der Waals surface area (Å²) in [7, 11) is 1.53. The number of hydrogen-bond acceptors (Lipinski definition) is 2. The van der Waals surface area contributed by atoms with Gasteiger partial charge >= 0.3 is 0 Å². The molecule has 1 saturated carbocycles. The molecular formula is C12H15FO2. The van der Waals surface area contributed by atoms with E-state index in [0.29, 0.717) is 11.3 Å². The van der Waals surface area contributed by atoms with Gasteiger partial charge in [-0.25, -0.2) is 4.39 Å². The lowest BCUT2D eigenvalue weighted by molar-refractivity contribution is 0.113. The summed E-state index contributed by atoms with van der Waals surface area (Å²) in [5.74, 6) is 0.270. The van der Waals surface area contributed by atoms with Gasteiger partial charge in [0, 0.05) is 11.0 Å². The molecule has 1 aliphatic carbocycles. The third-order valence-electron chi connectivity index (χ3n) is 3.34. The minimum absolute atomic E-state index is 0.00963. The summed E-state index contributed by atoms with van der Waals surface area (Å²) in [6, 6.07) is 4.79. The Morgan fingerprint density at radius 1 is 1.47 bits per heavy atom. The molecule has 0 bridgehead atoms. The number of aliphatic hydroxyl groups excluding tert-OH is 1. The number of benzene rings is 1. The second-order valence-corrected chi connectivity index (χ2v) is 4.11. The van der Waals surface area contributed by atoms with E-state index < -0.39 is 5.41 Å². The van der Waals surface area contributed by atoms with Gasteiger partial charge in [-0.3, -0.25) is 0 Å². The first-order chi connectivity index (χ1) is 7.23. The third-order valence-corrected chi connectivity index (χ3v) is 3.34. The Morgan fingerprint density at radius 2 is 2.20 bits per heavy atom. The Kier molecular flexibility index (Phi) is 2.65. The molecule has 0 aromatic heterocycles. The highest BCUT2D eigenvalue weighted by Crippen LogP contribution is 2.47. The summed E-state index contributed by atoms with van der Waals surface area (Å²) in [5, 5.41) is 9.41. The molecule has 0 atom stereocenters. The summed E-state index contributed by atoms with van der Waals surface area (Å²) in [6.07, 6.45) is 2.71. The van der Waals surface area contributed by atoms with Gasteiger partial charge in [0.05, 0.1) is 13.7 Å². The number of aliphatic hydroxyl groups is 1. The van der Waals surface area contributed by atoms with Crippen molar-refractivity contribution >= 4 is 0 Å². The highest BCUT2D eigenvalue weighted by molar-refractivity contribution is 5.42. The van der Waals surface area contributed by atoms with E-state index >= 15 is 0 Å². The van der Waals surface area contributed by atoms with Crippen LogP contribution in [0.1, 0.15) is 24.8 Å². The van der Waals surface area contributed by atoms with E-state index in [4.69, 9.17) is 4.74 Å². The zero-order valence-electron chi connectivity index (χ0n) is 8.79. The average Bonchev–Trinajstić information content (AvgIpc) is 2.19. The number of hydrogen-bond donors (Lipinski definition) is 1. The highest BCUT2D eigenvalue weighted by Gasteiger charge is 2.42. The van der Waals surface area contributed by atoms with E-state index in [1.807, 2.05) is 0 Å². The first-order valence-electron chi connectivity index (χ1n) is 5.17. The topological polar surface area (TPSA) is 29.5 Å². The maximum absolute atomic E-state index is 13.7. The maximum Gasteiger partial charge on any atom is 0.130 e. The fourth-order valence-electron chi connectivity index (χ4n) is 2.28.